The molecule has 4 heteroatoms. The fourth-order valence-electron chi connectivity index (χ4n) is 2.35. The molecule has 18 heavy (non-hydrogen) atoms. The van der Waals surface area contributed by atoms with Crippen molar-refractivity contribution in [2.75, 3.05) is 0 Å². The summed E-state index contributed by atoms with van der Waals surface area (Å²) >= 11 is 0. The summed E-state index contributed by atoms with van der Waals surface area (Å²) in [5.74, 6) is -0.872. The van der Waals surface area contributed by atoms with Crippen LogP contribution in [0, 0.1) is 0 Å². The Balaban J connectivity index is 2.03. The first-order valence-electron chi connectivity index (χ1n) is 6.21. The second-order valence-electron chi connectivity index (χ2n) is 4.90. The summed E-state index contributed by atoms with van der Waals surface area (Å²) in [7, 11) is 1.93. The van der Waals surface area contributed by atoms with Crippen molar-refractivity contribution in [3.63, 3.8) is 0 Å². The predicted octanol–water partition coefficient (Wildman–Crippen LogP) is 2.13. The van der Waals surface area contributed by atoms with E-state index < -0.39 is 5.97 Å². The number of hydrogen-bond acceptors (Lipinski definition) is 2. The zero-order valence-electron chi connectivity index (χ0n) is 10.3. The zero-order valence-corrected chi connectivity index (χ0v) is 10.3. The molecule has 0 atom stereocenters. The predicted molar refractivity (Wildman–Crippen MR) is 69.7 cm³/mol. The maximum Gasteiger partial charge on any atom is 0.337 e. The molecule has 2 N–H and O–H groups in total. The Bertz CT molecular complexity index is 612. The van der Waals surface area contributed by atoms with Gasteiger partial charge in [-0.3, -0.25) is 0 Å². The van der Waals surface area contributed by atoms with Crippen molar-refractivity contribution in [2.45, 2.75) is 25.4 Å². The first-order chi connectivity index (χ1) is 8.66. The Morgan fingerprint density at radius 2 is 2.28 bits per heavy atom. The number of aryl methyl sites for hydroxylation is 1. The number of carboxylic acid groups (broad SMARTS) is 1. The van der Waals surface area contributed by atoms with Crippen LogP contribution in [0.1, 0.15) is 28.9 Å². The molecule has 1 fully saturated rings. The van der Waals surface area contributed by atoms with E-state index in [0.29, 0.717) is 11.6 Å². The molecule has 0 unspecified atom stereocenters. The molecule has 1 aliphatic carbocycles. The van der Waals surface area contributed by atoms with E-state index in [1.807, 2.05) is 17.7 Å². The molecule has 0 bridgehead atoms. The van der Waals surface area contributed by atoms with Crippen LogP contribution < -0.4 is 5.32 Å². The SMILES string of the molecule is Cn1c(CNC2CC2)cc2cccc(C(=O)O)c21. The van der Waals surface area contributed by atoms with Gasteiger partial charge in [0.2, 0.25) is 0 Å². The van der Waals surface area contributed by atoms with Gasteiger partial charge in [0.1, 0.15) is 0 Å². The van der Waals surface area contributed by atoms with Gasteiger partial charge in [-0.25, -0.2) is 4.79 Å². The van der Waals surface area contributed by atoms with Gasteiger partial charge in [-0.1, -0.05) is 12.1 Å². The van der Waals surface area contributed by atoms with Crippen molar-refractivity contribution in [3.8, 4) is 0 Å². The van der Waals surface area contributed by atoms with Crippen molar-refractivity contribution in [1.29, 1.82) is 0 Å². The zero-order chi connectivity index (χ0) is 12.7. The third-order valence-electron chi connectivity index (χ3n) is 3.54. The second-order valence-corrected chi connectivity index (χ2v) is 4.90. The largest absolute Gasteiger partial charge is 0.478 e. The smallest absolute Gasteiger partial charge is 0.337 e. The van der Waals surface area contributed by atoms with Crippen molar-refractivity contribution in [2.24, 2.45) is 7.05 Å². The number of para-hydroxylation sites is 1. The third kappa shape index (κ3) is 1.88. The average molecular weight is 244 g/mol. The number of fused-ring (bicyclic) bond motifs is 1. The van der Waals surface area contributed by atoms with E-state index in [1.165, 1.54) is 12.8 Å². The van der Waals surface area contributed by atoms with Crippen molar-refractivity contribution in [1.82, 2.24) is 9.88 Å². The van der Waals surface area contributed by atoms with Crippen molar-refractivity contribution >= 4 is 16.9 Å². The molecule has 0 amide bonds. The molecule has 2 aromatic rings. The molecule has 0 aliphatic heterocycles. The summed E-state index contributed by atoms with van der Waals surface area (Å²) in [5, 5.41) is 13.7. The number of carbonyl (C=O) groups is 1. The number of benzene rings is 1. The van der Waals surface area contributed by atoms with E-state index in [0.717, 1.165) is 23.1 Å². The highest BCUT2D eigenvalue weighted by molar-refractivity contribution is 6.02. The van der Waals surface area contributed by atoms with Crippen LogP contribution in [0.15, 0.2) is 24.3 Å². The fourth-order valence-corrected chi connectivity index (χ4v) is 2.35. The lowest BCUT2D eigenvalue weighted by Crippen LogP contribution is -2.17. The summed E-state index contributed by atoms with van der Waals surface area (Å²) in [6.07, 6.45) is 2.51. The highest BCUT2D eigenvalue weighted by Gasteiger charge is 2.21. The Labute approximate surface area is 105 Å². The first kappa shape index (κ1) is 11.3. The summed E-state index contributed by atoms with van der Waals surface area (Å²) < 4.78 is 1.98. The lowest BCUT2D eigenvalue weighted by molar-refractivity contribution is 0.0698. The van der Waals surface area contributed by atoms with Gasteiger partial charge in [0.05, 0.1) is 11.1 Å². The van der Waals surface area contributed by atoms with Gasteiger partial charge in [-0.05, 0) is 25.0 Å². The van der Waals surface area contributed by atoms with Gasteiger partial charge < -0.3 is 15.0 Å². The quantitative estimate of drug-likeness (QED) is 0.866. The molecule has 0 spiro atoms. The van der Waals surface area contributed by atoms with Crippen LogP contribution in [0.3, 0.4) is 0 Å². The van der Waals surface area contributed by atoms with Crippen LogP contribution in [0.25, 0.3) is 10.9 Å². The van der Waals surface area contributed by atoms with E-state index in [4.69, 9.17) is 0 Å². The lowest BCUT2D eigenvalue weighted by Gasteiger charge is -2.06. The van der Waals surface area contributed by atoms with Gasteiger partial charge in [-0.15, -0.1) is 0 Å². The molecule has 1 saturated carbocycles. The van der Waals surface area contributed by atoms with E-state index in [9.17, 15) is 9.90 Å². The number of aromatic nitrogens is 1. The summed E-state index contributed by atoms with van der Waals surface area (Å²) in [6, 6.07) is 8.13. The number of hydrogen-bond donors (Lipinski definition) is 2. The Kier molecular flexibility index (Phi) is 2.59. The van der Waals surface area contributed by atoms with Gasteiger partial charge in [0, 0.05) is 30.7 Å². The Morgan fingerprint density at radius 1 is 1.50 bits per heavy atom. The van der Waals surface area contributed by atoms with Gasteiger partial charge in [0.25, 0.3) is 0 Å². The number of carboxylic acids is 1. The minimum atomic E-state index is -0.872. The molecule has 4 nitrogen and oxygen atoms in total. The first-order valence-corrected chi connectivity index (χ1v) is 6.21. The second kappa shape index (κ2) is 4.14. The number of nitrogens with zero attached hydrogens (tertiary/aromatic N) is 1. The standard InChI is InChI=1S/C14H16N2O2/c1-16-11(8-15-10-5-6-10)7-9-3-2-4-12(13(9)16)14(17)18/h2-4,7,10,15H,5-6,8H2,1H3,(H,17,18). The van der Waals surface area contributed by atoms with Crippen LogP contribution in [0.4, 0.5) is 0 Å². The summed E-state index contributed by atoms with van der Waals surface area (Å²) in [6.45, 7) is 0.801. The molecule has 1 aromatic heterocycles. The number of rotatable bonds is 4. The third-order valence-corrected chi connectivity index (χ3v) is 3.54. The topological polar surface area (TPSA) is 54.3 Å². The van der Waals surface area contributed by atoms with Gasteiger partial charge >= 0.3 is 5.97 Å². The molecular weight excluding hydrogens is 228 g/mol. The van der Waals surface area contributed by atoms with Crippen LogP contribution in [0.5, 0.6) is 0 Å². The maximum atomic E-state index is 11.2. The van der Waals surface area contributed by atoms with E-state index in [1.54, 1.807) is 12.1 Å². The molecule has 0 saturated heterocycles. The van der Waals surface area contributed by atoms with Crippen LogP contribution in [-0.4, -0.2) is 21.7 Å². The van der Waals surface area contributed by atoms with E-state index in [2.05, 4.69) is 11.4 Å². The van der Waals surface area contributed by atoms with Gasteiger partial charge in [0.15, 0.2) is 0 Å². The van der Waals surface area contributed by atoms with E-state index >= 15 is 0 Å². The lowest BCUT2D eigenvalue weighted by atomic mass is 10.1. The number of nitrogens with one attached hydrogen (secondary N) is 1. The van der Waals surface area contributed by atoms with Crippen molar-refractivity contribution < 1.29 is 9.90 Å². The molecule has 94 valence electrons. The number of aromatic carboxylic acids is 1. The average Bonchev–Trinajstić information content (AvgIpc) is 3.12. The van der Waals surface area contributed by atoms with Crippen LogP contribution in [0.2, 0.25) is 0 Å². The molecule has 1 aromatic carbocycles. The van der Waals surface area contributed by atoms with Crippen LogP contribution in [-0.2, 0) is 13.6 Å². The van der Waals surface area contributed by atoms with Crippen LogP contribution >= 0.6 is 0 Å². The maximum absolute atomic E-state index is 11.2. The molecular formula is C14H16N2O2. The molecule has 3 rings (SSSR count). The Morgan fingerprint density at radius 3 is 2.94 bits per heavy atom. The summed E-state index contributed by atoms with van der Waals surface area (Å²) in [5.41, 5.74) is 2.30. The molecule has 1 aliphatic rings. The molecule has 0 radical (unpaired) electrons. The minimum Gasteiger partial charge on any atom is -0.478 e. The van der Waals surface area contributed by atoms with Gasteiger partial charge in [-0.2, -0.15) is 0 Å². The fraction of sp³-hybridized carbons (Fsp3) is 0.357. The van der Waals surface area contributed by atoms with Crippen molar-refractivity contribution in [3.05, 3.63) is 35.5 Å². The highest BCUT2D eigenvalue weighted by Crippen LogP contribution is 2.24. The normalized spacial score (nSPS) is 15.2. The minimum absolute atomic E-state index is 0.368. The Hall–Kier alpha value is -1.81. The summed E-state index contributed by atoms with van der Waals surface area (Å²) in [4.78, 5) is 11.2. The highest BCUT2D eigenvalue weighted by atomic mass is 16.4. The van der Waals surface area contributed by atoms with E-state index in [-0.39, 0.29) is 0 Å². The monoisotopic (exact) mass is 244 g/mol. The molecule has 1 heterocycles.